The van der Waals surface area contributed by atoms with E-state index >= 15 is 0 Å². The van der Waals surface area contributed by atoms with E-state index in [1.807, 2.05) is 6.92 Å². The van der Waals surface area contributed by atoms with Gasteiger partial charge in [0.25, 0.3) is 0 Å². The largest absolute Gasteiger partial charge is 0.396 e. The van der Waals surface area contributed by atoms with Gasteiger partial charge in [0.05, 0.1) is 12.2 Å². The molecule has 0 aromatic carbocycles. The maximum atomic E-state index is 12.3. The summed E-state index contributed by atoms with van der Waals surface area (Å²) in [5.74, 6) is 0.861. The number of carbonyl (C=O) groups excluding carboxylic acids is 1. The minimum Gasteiger partial charge on any atom is -0.396 e. The molecule has 0 bridgehead atoms. The maximum Gasteiger partial charge on any atom is 0.164 e. The van der Waals surface area contributed by atoms with Crippen molar-refractivity contribution in [2.75, 3.05) is 13.2 Å². The summed E-state index contributed by atoms with van der Waals surface area (Å²) in [7, 11) is 0. The predicted octanol–water partition coefficient (Wildman–Crippen LogP) is 1.75. The summed E-state index contributed by atoms with van der Waals surface area (Å²) in [5, 5.41) is 9.21. The van der Waals surface area contributed by atoms with Crippen LogP contribution in [-0.4, -0.2) is 36.0 Å². The standard InChI is InChI=1S/C15H24O4/c1-9-10-8-18-13-15(10,5-4-6-16)12(7-11(9)17)14(2,3)19-13/h9-10,12-13,16H,4-8H2,1-3H3/t9-,10+,12+,13?,15+/m1/s1. The SMILES string of the molecule is C[C@H]1C(=O)C[C@H]2C(C)(C)OC3OC[C@@H]1[C@]32CCCO. The van der Waals surface area contributed by atoms with E-state index in [1.54, 1.807) is 0 Å². The first-order chi connectivity index (χ1) is 8.93. The van der Waals surface area contributed by atoms with E-state index in [4.69, 9.17) is 9.47 Å². The maximum absolute atomic E-state index is 12.3. The van der Waals surface area contributed by atoms with E-state index in [-0.39, 0.29) is 41.7 Å². The second kappa shape index (κ2) is 4.27. The number of aliphatic hydroxyl groups is 1. The number of carbonyl (C=O) groups is 1. The van der Waals surface area contributed by atoms with Crippen LogP contribution in [0.15, 0.2) is 0 Å². The van der Waals surface area contributed by atoms with Gasteiger partial charge in [-0.2, -0.15) is 0 Å². The fourth-order valence-electron chi connectivity index (χ4n) is 4.77. The van der Waals surface area contributed by atoms with Crippen LogP contribution >= 0.6 is 0 Å². The molecule has 1 saturated carbocycles. The monoisotopic (exact) mass is 268 g/mol. The lowest BCUT2D eigenvalue weighted by molar-refractivity contribution is -0.157. The molecule has 0 aromatic heterocycles. The Balaban J connectivity index is 2.02. The number of hydrogen-bond acceptors (Lipinski definition) is 4. The van der Waals surface area contributed by atoms with Crippen molar-refractivity contribution < 1.29 is 19.4 Å². The molecule has 3 fully saturated rings. The van der Waals surface area contributed by atoms with Gasteiger partial charge in [-0.25, -0.2) is 0 Å². The van der Waals surface area contributed by atoms with Crippen LogP contribution in [0.5, 0.6) is 0 Å². The zero-order valence-corrected chi connectivity index (χ0v) is 12.0. The average molecular weight is 268 g/mol. The highest BCUT2D eigenvalue weighted by atomic mass is 16.7. The van der Waals surface area contributed by atoms with E-state index < -0.39 is 0 Å². The van der Waals surface area contributed by atoms with Crippen molar-refractivity contribution in [1.29, 1.82) is 0 Å². The van der Waals surface area contributed by atoms with Gasteiger partial charge in [-0.05, 0) is 26.7 Å². The van der Waals surface area contributed by atoms with Crippen molar-refractivity contribution in [3.8, 4) is 0 Å². The fraction of sp³-hybridized carbons (Fsp3) is 0.933. The molecule has 3 rings (SSSR count). The topological polar surface area (TPSA) is 55.8 Å². The van der Waals surface area contributed by atoms with Crippen LogP contribution in [0.3, 0.4) is 0 Å². The first kappa shape index (κ1) is 13.5. The number of ketones is 1. The van der Waals surface area contributed by atoms with Gasteiger partial charge in [0.1, 0.15) is 5.78 Å². The van der Waals surface area contributed by atoms with Crippen LogP contribution < -0.4 is 0 Å². The summed E-state index contributed by atoms with van der Waals surface area (Å²) in [6.45, 7) is 6.98. The van der Waals surface area contributed by atoms with Gasteiger partial charge in [-0.15, -0.1) is 0 Å². The number of hydrogen-bond donors (Lipinski definition) is 1. The number of Topliss-reactive ketones (excluding diaryl/α,β-unsaturated/α-hetero) is 1. The highest BCUT2D eigenvalue weighted by Crippen LogP contribution is 2.64. The molecule has 19 heavy (non-hydrogen) atoms. The van der Waals surface area contributed by atoms with Crippen molar-refractivity contribution in [3.63, 3.8) is 0 Å². The van der Waals surface area contributed by atoms with E-state index in [1.165, 1.54) is 0 Å². The van der Waals surface area contributed by atoms with Crippen LogP contribution in [0.4, 0.5) is 0 Å². The molecule has 0 radical (unpaired) electrons. The predicted molar refractivity (Wildman–Crippen MR) is 69.4 cm³/mol. The zero-order valence-electron chi connectivity index (χ0n) is 12.0. The highest BCUT2D eigenvalue weighted by molar-refractivity contribution is 5.83. The Morgan fingerprint density at radius 3 is 2.84 bits per heavy atom. The number of ether oxygens (including phenoxy) is 2. The molecule has 3 aliphatic rings. The third-order valence-corrected chi connectivity index (χ3v) is 5.74. The second-order valence-electron chi connectivity index (χ2n) is 6.94. The van der Waals surface area contributed by atoms with Gasteiger partial charge in [-0.1, -0.05) is 6.92 Å². The molecule has 5 atom stereocenters. The Bertz CT molecular complexity index is 392. The van der Waals surface area contributed by atoms with Gasteiger partial charge in [-0.3, -0.25) is 4.79 Å². The minimum absolute atomic E-state index is 0.0532. The average Bonchev–Trinajstić information content (AvgIpc) is 2.79. The van der Waals surface area contributed by atoms with Crippen molar-refractivity contribution in [2.24, 2.45) is 23.2 Å². The summed E-state index contributed by atoms with van der Waals surface area (Å²) in [6, 6.07) is 0. The van der Waals surface area contributed by atoms with E-state index in [9.17, 15) is 9.90 Å². The van der Waals surface area contributed by atoms with Crippen LogP contribution in [0.1, 0.15) is 40.0 Å². The van der Waals surface area contributed by atoms with Crippen molar-refractivity contribution in [1.82, 2.24) is 0 Å². The van der Waals surface area contributed by atoms with Crippen LogP contribution in [0, 0.1) is 23.2 Å². The molecular weight excluding hydrogens is 244 g/mol. The molecule has 2 aliphatic heterocycles. The molecule has 2 heterocycles. The fourth-order valence-corrected chi connectivity index (χ4v) is 4.77. The van der Waals surface area contributed by atoms with Crippen LogP contribution in [0.25, 0.3) is 0 Å². The lowest BCUT2D eigenvalue weighted by atomic mass is 9.53. The molecule has 4 heteroatoms. The lowest BCUT2D eigenvalue weighted by Gasteiger charge is -2.46. The third kappa shape index (κ3) is 1.66. The summed E-state index contributed by atoms with van der Waals surface area (Å²) in [6.07, 6.45) is 2.05. The summed E-state index contributed by atoms with van der Waals surface area (Å²) >= 11 is 0. The van der Waals surface area contributed by atoms with Crippen LogP contribution in [0.2, 0.25) is 0 Å². The highest BCUT2D eigenvalue weighted by Gasteiger charge is 2.69. The van der Waals surface area contributed by atoms with Crippen molar-refractivity contribution in [2.45, 2.75) is 51.9 Å². The van der Waals surface area contributed by atoms with E-state index in [0.29, 0.717) is 18.8 Å². The molecule has 2 saturated heterocycles. The normalized spacial score (nSPS) is 47.5. The van der Waals surface area contributed by atoms with Gasteiger partial charge < -0.3 is 14.6 Å². The third-order valence-electron chi connectivity index (χ3n) is 5.74. The Morgan fingerprint density at radius 2 is 2.16 bits per heavy atom. The van der Waals surface area contributed by atoms with Gasteiger partial charge in [0, 0.05) is 36.2 Å². The second-order valence-corrected chi connectivity index (χ2v) is 6.94. The lowest BCUT2D eigenvalue weighted by Crippen LogP contribution is -2.51. The molecule has 1 N–H and O–H groups in total. The van der Waals surface area contributed by atoms with Gasteiger partial charge in [0.15, 0.2) is 6.29 Å². The minimum atomic E-state index is -0.311. The first-order valence-electron chi connectivity index (χ1n) is 7.36. The van der Waals surface area contributed by atoms with Crippen LogP contribution in [-0.2, 0) is 14.3 Å². The summed E-state index contributed by atoms with van der Waals surface area (Å²) < 4.78 is 12.0. The first-order valence-corrected chi connectivity index (χ1v) is 7.36. The van der Waals surface area contributed by atoms with Crippen molar-refractivity contribution >= 4 is 5.78 Å². The molecule has 4 nitrogen and oxygen atoms in total. The molecule has 1 unspecified atom stereocenters. The molecule has 0 aromatic rings. The zero-order chi connectivity index (χ0) is 13.8. The Morgan fingerprint density at radius 1 is 1.42 bits per heavy atom. The number of rotatable bonds is 3. The smallest absolute Gasteiger partial charge is 0.164 e. The quantitative estimate of drug-likeness (QED) is 0.847. The number of aliphatic hydroxyl groups excluding tert-OH is 1. The molecule has 0 spiro atoms. The summed E-state index contributed by atoms with van der Waals surface area (Å²) in [5.41, 5.74) is -0.381. The summed E-state index contributed by atoms with van der Waals surface area (Å²) in [4.78, 5) is 12.3. The van der Waals surface area contributed by atoms with Gasteiger partial charge >= 0.3 is 0 Å². The van der Waals surface area contributed by atoms with Crippen molar-refractivity contribution in [3.05, 3.63) is 0 Å². The molecular formula is C15H24O4. The Labute approximate surface area is 114 Å². The van der Waals surface area contributed by atoms with E-state index in [0.717, 1.165) is 12.8 Å². The Hall–Kier alpha value is -0.450. The Kier molecular flexibility index (Phi) is 3.04. The van der Waals surface area contributed by atoms with E-state index in [2.05, 4.69) is 13.8 Å². The molecule has 0 amide bonds. The molecule has 1 aliphatic carbocycles. The molecule has 108 valence electrons. The van der Waals surface area contributed by atoms with Gasteiger partial charge in [0.2, 0.25) is 0 Å².